The predicted octanol–water partition coefficient (Wildman–Crippen LogP) is 2.95. The Labute approximate surface area is 114 Å². The van der Waals surface area contributed by atoms with E-state index in [0.29, 0.717) is 6.20 Å². The summed E-state index contributed by atoms with van der Waals surface area (Å²) in [5.74, 6) is -0.0865. The van der Waals surface area contributed by atoms with Gasteiger partial charge in [0.25, 0.3) is 5.56 Å². The molecule has 0 saturated heterocycles. The van der Waals surface area contributed by atoms with Gasteiger partial charge in [-0.2, -0.15) is 23.0 Å². The van der Waals surface area contributed by atoms with Gasteiger partial charge in [-0.15, -0.1) is 0 Å². The highest BCUT2D eigenvalue weighted by Crippen LogP contribution is 2.28. The largest absolute Gasteiger partial charge is 0.417 e. The average molecular weight is 310 g/mol. The maximum atomic E-state index is 12.4. The number of rotatable bonds is 1. The van der Waals surface area contributed by atoms with Crippen LogP contribution in [0.2, 0.25) is 10.0 Å². The summed E-state index contributed by atoms with van der Waals surface area (Å²) in [5, 5.41) is 3.32. The number of alkyl halides is 3. The van der Waals surface area contributed by atoms with Gasteiger partial charge >= 0.3 is 6.18 Å². The van der Waals surface area contributed by atoms with Crippen LogP contribution in [0, 0.1) is 0 Å². The molecule has 0 unspecified atom stereocenters. The number of nitrogens with zero attached hydrogens (tertiary/aromatic N) is 3. The third kappa shape index (κ3) is 2.71. The summed E-state index contributed by atoms with van der Waals surface area (Å²) in [6.07, 6.45) is -2.79. The zero-order valence-electron chi connectivity index (χ0n) is 8.95. The van der Waals surface area contributed by atoms with Gasteiger partial charge in [0.1, 0.15) is 5.02 Å². The molecular weight excluding hydrogens is 306 g/mol. The lowest BCUT2D eigenvalue weighted by Gasteiger charge is -2.08. The first-order valence-electron chi connectivity index (χ1n) is 4.77. The molecule has 0 N–H and O–H groups in total. The molecule has 0 aliphatic heterocycles. The van der Waals surface area contributed by atoms with Gasteiger partial charge in [0.15, 0.2) is 5.82 Å². The molecule has 0 saturated carbocycles. The van der Waals surface area contributed by atoms with E-state index in [0.717, 1.165) is 23.0 Å². The van der Waals surface area contributed by atoms with E-state index in [4.69, 9.17) is 23.2 Å². The van der Waals surface area contributed by atoms with Gasteiger partial charge in [-0.3, -0.25) is 4.79 Å². The van der Waals surface area contributed by atoms with Crippen LogP contribution in [0.25, 0.3) is 5.82 Å². The summed E-state index contributed by atoms with van der Waals surface area (Å²) in [6.45, 7) is 0. The van der Waals surface area contributed by atoms with Crippen molar-refractivity contribution in [1.29, 1.82) is 0 Å². The van der Waals surface area contributed by atoms with Crippen molar-refractivity contribution in [2.75, 3.05) is 0 Å². The first-order chi connectivity index (χ1) is 8.80. The second kappa shape index (κ2) is 4.82. The lowest BCUT2D eigenvalue weighted by molar-refractivity contribution is -0.137. The summed E-state index contributed by atoms with van der Waals surface area (Å²) >= 11 is 11.2. The van der Waals surface area contributed by atoms with Crippen LogP contribution in [0.3, 0.4) is 0 Å². The zero-order chi connectivity index (χ0) is 14.2. The molecule has 19 heavy (non-hydrogen) atoms. The Morgan fingerprint density at radius 2 is 1.84 bits per heavy atom. The molecule has 0 aliphatic carbocycles. The van der Waals surface area contributed by atoms with Crippen LogP contribution in [-0.4, -0.2) is 14.8 Å². The van der Waals surface area contributed by atoms with E-state index in [2.05, 4.69) is 10.1 Å². The van der Waals surface area contributed by atoms with E-state index in [9.17, 15) is 18.0 Å². The Bertz CT molecular complexity index is 667. The Hall–Kier alpha value is -1.60. The van der Waals surface area contributed by atoms with Crippen molar-refractivity contribution in [1.82, 2.24) is 14.8 Å². The van der Waals surface area contributed by atoms with Crippen molar-refractivity contribution >= 4 is 23.2 Å². The number of pyridine rings is 1. The molecule has 9 heteroatoms. The van der Waals surface area contributed by atoms with Crippen LogP contribution in [0.1, 0.15) is 5.56 Å². The Kier molecular flexibility index (Phi) is 3.51. The summed E-state index contributed by atoms with van der Waals surface area (Å²) in [4.78, 5) is 15.2. The normalized spacial score (nSPS) is 11.6. The van der Waals surface area contributed by atoms with E-state index in [1.54, 1.807) is 0 Å². The van der Waals surface area contributed by atoms with E-state index in [1.165, 1.54) is 0 Å². The van der Waals surface area contributed by atoms with E-state index in [-0.39, 0.29) is 15.9 Å². The molecular formula is C10H4Cl2F3N3O. The highest BCUT2D eigenvalue weighted by molar-refractivity contribution is 6.41. The van der Waals surface area contributed by atoms with Crippen LogP contribution in [-0.2, 0) is 6.18 Å². The summed E-state index contributed by atoms with van der Waals surface area (Å²) in [6, 6.07) is 1.81. The standard InChI is InChI=1S/C10H4Cl2F3N3O/c11-6-4-17-18(9(19)8(6)12)7-2-1-5(3-16-7)10(13,14)15/h1-4H. The van der Waals surface area contributed by atoms with E-state index in [1.807, 2.05) is 0 Å². The third-order valence-corrected chi connectivity index (χ3v) is 2.92. The highest BCUT2D eigenvalue weighted by Gasteiger charge is 2.30. The molecule has 0 spiro atoms. The lowest BCUT2D eigenvalue weighted by Crippen LogP contribution is -2.22. The lowest BCUT2D eigenvalue weighted by atomic mass is 10.3. The molecule has 2 aromatic heterocycles. The minimum atomic E-state index is -4.50. The van der Waals surface area contributed by atoms with E-state index >= 15 is 0 Å². The first-order valence-corrected chi connectivity index (χ1v) is 5.53. The van der Waals surface area contributed by atoms with Crippen LogP contribution in [0.5, 0.6) is 0 Å². The van der Waals surface area contributed by atoms with Gasteiger partial charge in [0.2, 0.25) is 0 Å². The topological polar surface area (TPSA) is 47.8 Å². The monoisotopic (exact) mass is 309 g/mol. The molecule has 100 valence electrons. The van der Waals surface area contributed by atoms with Crippen LogP contribution in [0.4, 0.5) is 13.2 Å². The zero-order valence-corrected chi connectivity index (χ0v) is 10.5. The maximum absolute atomic E-state index is 12.4. The first kappa shape index (κ1) is 13.8. The Morgan fingerprint density at radius 1 is 1.16 bits per heavy atom. The molecule has 2 aromatic rings. The van der Waals surface area contributed by atoms with E-state index < -0.39 is 17.3 Å². The quantitative estimate of drug-likeness (QED) is 0.813. The molecule has 0 fully saturated rings. The molecule has 0 aliphatic rings. The van der Waals surface area contributed by atoms with Crippen LogP contribution < -0.4 is 5.56 Å². The van der Waals surface area contributed by atoms with Gasteiger partial charge in [0, 0.05) is 6.20 Å². The van der Waals surface area contributed by atoms with Gasteiger partial charge in [-0.1, -0.05) is 23.2 Å². The van der Waals surface area contributed by atoms with Crippen molar-refractivity contribution in [3.63, 3.8) is 0 Å². The Morgan fingerprint density at radius 3 is 2.37 bits per heavy atom. The minimum absolute atomic E-state index is 0.0465. The summed E-state index contributed by atoms with van der Waals surface area (Å²) in [7, 11) is 0. The third-order valence-electron chi connectivity index (χ3n) is 2.17. The SMILES string of the molecule is O=c1c(Cl)c(Cl)cnn1-c1ccc(C(F)(F)F)cn1. The van der Waals surface area contributed by atoms with Crippen LogP contribution >= 0.6 is 23.2 Å². The van der Waals surface area contributed by atoms with Crippen molar-refractivity contribution < 1.29 is 13.2 Å². The minimum Gasteiger partial charge on any atom is -0.266 e. The second-order valence-corrected chi connectivity index (χ2v) is 4.21. The molecule has 2 rings (SSSR count). The fourth-order valence-electron chi connectivity index (χ4n) is 1.25. The number of halogens is 5. The Balaban J connectivity index is 2.50. The molecule has 2 heterocycles. The van der Waals surface area contributed by atoms with Crippen molar-refractivity contribution in [2.45, 2.75) is 6.18 Å². The van der Waals surface area contributed by atoms with Crippen molar-refractivity contribution in [2.24, 2.45) is 0 Å². The second-order valence-electron chi connectivity index (χ2n) is 3.43. The highest BCUT2D eigenvalue weighted by atomic mass is 35.5. The number of aromatic nitrogens is 3. The number of hydrogen-bond acceptors (Lipinski definition) is 3. The molecule has 0 atom stereocenters. The summed E-state index contributed by atoms with van der Waals surface area (Å²) < 4.78 is 37.8. The maximum Gasteiger partial charge on any atom is 0.417 e. The van der Waals surface area contributed by atoms with Gasteiger partial charge in [-0.25, -0.2) is 4.98 Å². The average Bonchev–Trinajstić information content (AvgIpc) is 2.35. The molecule has 0 bridgehead atoms. The predicted molar refractivity (Wildman–Crippen MR) is 62.7 cm³/mol. The number of hydrogen-bond donors (Lipinski definition) is 0. The fourth-order valence-corrected chi connectivity index (χ4v) is 1.51. The molecule has 0 radical (unpaired) electrons. The smallest absolute Gasteiger partial charge is 0.266 e. The van der Waals surface area contributed by atoms with Crippen molar-refractivity contribution in [3.8, 4) is 5.82 Å². The van der Waals surface area contributed by atoms with Gasteiger partial charge in [-0.05, 0) is 12.1 Å². The van der Waals surface area contributed by atoms with Gasteiger partial charge in [0.05, 0.1) is 16.8 Å². The van der Waals surface area contributed by atoms with Gasteiger partial charge < -0.3 is 0 Å². The molecule has 4 nitrogen and oxygen atoms in total. The summed E-state index contributed by atoms with van der Waals surface area (Å²) in [5.41, 5.74) is -1.69. The van der Waals surface area contributed by atoms with Crippen LogP contribution in [0.15, 0.2) is 29.3 Å². The van der Waals surface area contributed by atoms with Crippen molar-refractivity contribution in [3.05, 3.63) is 50.5 Å². The molecule has 0 amide bonds. The molecule has 0 aromatic carbocycles. The fraction of sp³-hybridized carbons (Fsp3) is 0.100.